The molecule has 0 bridgehead atoms. The SMILES string of the molecule is CC1=NC2=C(C(=O)C[C@@H](c3ccccc3)C2)[C@H](c2cccc(Br)c2)C1C(=O)OCCc1ccccc1. The van der Waals surface area contributed by atoms with E-state index >= 15 is 0 Å². The third-order valence-electron chi connectivity index (χ3n) is 7.10. The summed E-state index contributed by atoms with van der Waals surface area (Å²) >= 11 is 3.56. The maximum absolute atomic E-state index is 13.7. The van der Waals surface area contributed by atoms with Crippen LogP contribution < -0.4 is 0 Å². The Morgan fingerprint density at radius 2 is 1.64 bits per heavy atom. The van der Waals surface area contributed by atoms with Gasteiger partial charge in [-0.25, -0.2) is 0 Å². The number of hydrogen-bond donors (Lipinski definition) is 0. The molecule has 4 nitrogen and oxygen atoms in total. The summed E-state index contributed by atoms with van der Waals surface area (Å²) in [6.07, 6.45) is 1.74. The van der Waals surface area contributed by atoms with E-state index in [1.807, 2.05) is 79.7 Å². The summed E-state index contributed by atoms with van der Waals surface area (Å²) in [4.78, 5) is 32.0. The number of carbonyl (C=O) groups is 2. The highest BCUT2D eigenvalue weighted by Gasteiger charge is 2.44. The molecule has 0 saturated heterocycles. The van der Waals surface area contributed by atoms with E-state index in [9.17, 15) is 9.59 Å². The van der Waals surface area contributed by atoms with E-state index in [4.69, 9.17) is 9.73 Å². The van der Waals surface area contributed by atoms with Gasteiger partial charge in [-0.15, -0.1) is 0 Å². The van der Waals surface area contributed by atoms with Crippen LogP contribution in [-0.2, 0) is 20.7 Å². The minimum Gasteiger partial charge on any atom is -0.465 e. The van der Waals surface area contributed by atoms with Crippen molar-refractivity contribution in [3.63, 3.8) is 0 Å². The fraction of sp³-hybridized carbons (Fsp3) is 0.258. The first-order chi connectivity index (χ1) is 17.5. The number of Topliss-reactive ketones (excluding diaryl/α,β-unsaturated/α-hetero) is 1. The van der Waals surface area contributed by atoms with Gasteiger partial charge < -0.3 is 4.74 Å². The molecular formula is C31H28BrNO3. The van der Waals surface area contributed by atoms with Gasteiger partial charge in [-0.3, -0.25) is 14.6 Å². The molecule has 0 aromatic heterocycles. The lowest BCUT2D eigenvalue weighted by Gasteiger charge is -2.36. The molecule has 3 aromatic rings. The van der Waals surface area contributed by atoms with Crippen LogP contribution in [0.3, 0.4) is 0 Å². The van der Waals surface area contributed by atoms with E-state index in [0.717, 1.165) is 26.9 Å². The maximum Gasteiger partial charge on any atom is 0.315 e. The van der Waals surface area contributed by atoms with Gasteiger partial charge in [0.05, 0.1) is 6.61 Å². The van der Waals surface area contributed by atoms with Crippen molar-refractivity contribution < 1.29 is 14.3 Å². The van der Waals surface area contributed by atoms with E-state index in [-0.39, 0.29) is 24.3 Å². The molecule has 5 rings (SSSR count). The van der Waals surface area contributed by atoms with Crippen LogP contribution in [0.5, 0.6) is 0 Å². The number of allylic oxidation sites excluding steroid dienone is 2. The molecule has 0 amide bonds. The van der Waals surface area contributed by atoms with E-state index in [0.29, 0.717) is 30.5 Å². The molecule has 5 heteroatoms. The van der Waals surface area contributed by atoms with E-state index < -0.39 is 11.8 Å². The Morgan fingerprint density at radius 1 is 0.944 bits per heavy atom. The van der Waals surface area contributed by atoms with Gasteiger partial charge in [-0.1, -0.05) is 88.7 Å². The highest BCUT2D eigenvalue weighted by atomic mass is 79.9. The lowest BCUT2D eigenvalue weighted by atomic mass is 9.69. The molecule has 0 fully saturated rings. The summed E-state index contributed by atoms with van der Waals surface area (Å²) in [5.74, 6) is -1.23. The summed E-state index contributed by atoms with van der Waals surface area (Å²) in [7, 11) is 0. The fourth-order valence-corrected chi connectivity index (χ4v) is 5.81. The van der Waals surface area contributed by atoms with E-state index in [2.05, 4.69) is 28.1 Å². The number of nitrogens with zero attached hydrogens (tertiary/aromatic N) is 1. The van der Waals surface area contributed by atoms with Crippen LogP contribution in [0.25, 0.3) is 0 Å². The molecule has 2 aliphatic rings. The van der Waals surface area contributed by atoms with Gasteiger partial charge in [-0.2, -0.15) is 0 Å². The van der Waals surface area contributed by atoms with Crippen molar-refractivity contribution in [2.75, 3.05) is 6.61 Å². The standard InChI is InChI=1S/C31H28BrNO3/c1-20-28(31(35)36-16-15-21-9-4-2-5-10-21)29(23-13-8-14-25(32)17-23)30-26(33-20)18-24(19-27(30)34)22-11-6-3-7-12-22/h2-14,17,24,28-29H,15-16,18-19H2,1H3/t24-,28?,29+/m0/s1. The Morgan fingerprint density at radius 3 is 2.36 bits per heavy atom. The first-order valence-electron chi connectivity index (χ1n) is 12.3. The smallest absolute Gasteiger partial charge is 0.315 e. The molecule has 1 unspecified atom stereocenters. The number of hydrogen-bond acceptors (Lipinski definition) is 4. The number of halogens is 1. The zero-order valence-electron chi connectivity index (χ0n) is 20.2. The largest absolute Gasteiger partial charge is 0.465 e. The van der Waals surface area contributed by atoms with E-state index in [1.54, 1.807) is 0 Å². The first kappa shape index (κ1) is 24.4. The third-order valence-corrected chi connectivity index (χ3v) is 7.59. The molecule has 1 aliphatic heterocycles. The van der Waals surface area contributed by atoms with Gasteiger partial charge in [0.1, 0.15) is 5.92 Å². The highest BCUT2D eigenvalue weighted by molar-refractivity contribution is 9.10. The molecule has 0 radical (unpaired) electrons. The summed E-state index contributed by atoms with van der Waals surface area (Å²) in [6.45, 7) is 2.17. The zero-order valence-corrected chi connectivity index (χ0v) is 21.8. The van der Waals surface area contributed by atoms with E-state index in [1.165, 1.54) is 0 Å². The van der Waals surface area contributed by atoms with Gasteiger partial charge >= 0.3 is 5.97 Å². The van der Waals surface area contributed by atoms with Crippen LogP contribution in [0.4, 0.5) is 0 Å². The first-order valence-corrected chi connectivity index (χ1v) is 13.1. The molecule has 1 heterocycles. The lowest BCUT2D eigenvalue weighted by molar-refractivity contribution is -0.146. The van der Waals surface area contributed by atoms with Crippen molar-refractivity contribution in [2.45, 2.75) is 38.0 Å². The lowest BCUT2D eigenvalue weighted by Crippen LogP contribution is -2.38. The predicted molar refractivity (Wildman–Crippen MR) is 145 cm³/mol. The second kappa shape index (κ2) is 10.8. The molecule has 0 spiro atoms. The van der Waals surface area contributed by atoms with Crippen molar-refractivity contribution in [3.8, 4) is 0 Å². The van der Waals surface area contributed by atoms with Crippen molar-refractivity contribution in [2.24, 2.45) is 10.9 Å². The maximum atomic E-state index is 13.7. The molecular weight excluding hydrogens is 514 g/mol. The second-order valence-corrected chi connectivity index (χ2v) is 10.4. The molecule has 0 saturated carbocycles. The Balaban J connectivity index is 1.46. The minimum absolute atomic E-state index is 0.0633. The Labute approximate surface area is 220 Å². The average molecular weight is 542 g/mol. The van der Waals surface area contributed by atoms with Gasteiger partial charge in [0.2, 0.25) is 0 Å². The van der Waals surface area contributed by atoms with Crippen molar-refractivity contribution >= 4 is 33.4 Å². The van der Waals surface area contributed by atoms with Gasteiger partial charge in [0.25, 0.3) is 0 Å². The molecule has 0 N–H and O–H groups in total. The third kappa shape index (κ3) is 5.12. The molecule has 3 aromatic carbocycles. The molecule has 3 atom stereocenters. The predicted octanol–water partition coefficient (Wildman–Crippen LogP) is 6.81. The van der Waals surface area contributed by atoms with Gasteiger partial charge in [-0.05, 0) is 48.1 Å². The number of carbonyl (C=O) groups excluding carboxylic acids is 2. The van der Waals surface area contributed by atoms with Crippen LogP contribution in [0.2, 0.25) is 0 Å². The second-order valence-electron chi connectivity index (χ2n) is 9.47. The summed E-state index contributed by atoms with van der Waals surface area (Å²) in [6, 6.07) is 28.0. The van der Waals surface area contributed by atoms with Crippen molar-refractivity contribution in [1.82, 2.24) is 0 Å². The van der Waals surface area contributed by atoms with Crippen LogP contribution >= 0.6 is 15.9 Å². The van der Waals surface area contributed by atoms with Gasteiger partial charge in [0, 0.05) is 40.2 Å². The minimum atomic E-state index is -0.633. The molecule has 182 valence electrons. The Bertz CT molecular complexity index is 1330. The number of rotatable bonds is 6. The van der Waals surface area contributed by atoms with Gasteiger partial charge in [0.15, 0.2) is 5.78 Å². The van der Waals surface area contributed by atoms with Crippen LogP contribution in [-0.4, -0.2) is 24.1 Å². The number of aliphatic imine (C=N–C) groups is 1. The number of ether oxygens (including phenoxy) is 1. The number of ketones is 1. The summed E-state index contributed by atoms with van der Waals surface area (Å²) in [5, 5.41) is 0. The fourth-order valence-electron chi connectivity index (χ4n) is 5.39. The topological polar surface area (TPSA) is 55.7 Å². The number of benzene rings is 3. The Hall–Kier alpha value is -3.31. The van der Waals surface area contributed by atoms with Crippen LogP contribution in [0.15, 0.2) is 106 Å². The molecule has 36 heavy (non-hydrogen) atoms. The van der Waals surface area contributed by atoms with Crippen molar-refractivity contribution in [1.29, 1.82) is 0 Å². The zero-order chi connectivity index (χ0) is 25.1. The monoisotopic (exact) mass is 541 g/mol. The van der Waals surface area contributed by atoms with Crippen LogP contribution in [0, 0.1) is 5.92 Å². The average Bonchev–Trinajstić information content (AvgIpc) is 2.89. The summed E-state index contributed by atoms with van der Waals surface area (Å²) < 4.78 is 6.68. The Kier molecular flexibility index (Phi) is 7.28. The highest BCUT2D eigenvalue weighted by Crippen LogP contribution is 2.47. The quantitative estimate of drug-likeness (QED) is 0.322. The normalized spacial score (nSPS) is 21.6. The number of esters is 1. The van der Waals surface area contributed by atoms with Crippen LogP contribution in [0.1, 0.15) is 48.3 Å². The molecule has 1 aliphatic carbocycles. The summed E-state index contributed by atoms with van der Waals surface area (Å²) in [5.41, 5.74) is 5.34. The van der Waals surface area contributed by atoms with Crippen molar-refractivity contribution in [3.05, 3.63) is 117 Å².